The Kier molecular flexibility index (Phi) is 5.56. The zero-order chi connectivity index (χ0) is 12.8. The van der Waals surface area contributed by atoms with Crippen molar-refractivity contribution in [1.29, 1.82) is 0 Å². The van der Waals surface area contributed by atoms with Crippen molar-refractivity contribution in [2.45, 2.75) is 59.5 Å². The molecule has 0 radical (unpaired) electrons. The lowest BCUT2D eigenvalue weighted by molar-refractivity contribution is 0.160. The van der Waals surface area contributed by atoms with Gasteiger partial charge in [0.2, 0.25) is 0 Å². The first-order valence-corrected chi connectivity index (χ1v) is 6.55. The van der Waals surface area contributed by atoms with Crippen LogP contribution in [-0.2, 0) is 6.42 Å². The zero-order valence-electron chi connectivity index (χ0n) is 11.4. The monoisotopic (exact) mass is 236 g/mol. The van der Waals surface area contributed by atoms with E-state index in [1.165, 1.54) is 0 Å². The van der Waals surface area contributed by atoms with Crippen LogP contribution in [0.4, 0.5) is 0 Å². The summed E-state index contributed by atoms with van der Waals surface area (Å²) in [6.45, 7) is 8.38. The molecule has 0 bridgehead atoms. The normalized spacial score (nSPS) is 13.1. The van der Waals surface area contributed by atoms with E-state index in [1.807, 2.05) is 19.9 Å². The molecule has 3 heteroatoms. The first-order chi connectivity index (χ1) is 8.04. The van der Waals surface area contributed by atoms with E-state index in [9.17, 15) is 5.11 Å². The van der Waals surface area contributed by atoms with Crippen molar-refractivity contribution in [3.05, 3.63) is 23.0 Å². The number of aliphatic hydroxyl groups is 1. The smallest absolute Gasteiger partial charge is 0.0809 e. The molecule has 0 aliphatic heterocycles. The molecule has 0 amide bonds. The van der Waals surface area contributed by atoms with Crippen molar-refractivity contribution in [3.8, 4) is 0 Å². The minimum atomic E-state index is -0.391. The summed E-state index contributed by atoms with van der Waals surface area (Å²) in [6.07, 6.45) is 3.47. The molecule has 17 heavy (non-hydrogen) atoms. The molecule has 1 atom stereocenters. The topological polar surface area (TPSA) is 46.0 Å². The second-order valence-corrected chi connectivity index (χ2v) is 5.08. The molecule has 1 aromatic heterocycles. The van der Waals surface area contributed by atoms with Crippen LogP contribution in [0.1, 0.15) is 63.1 Å². The molecule has 1 rings (SSSR count). The molecule has 1 N–H and O–H groups in total. The van der Waals surface area contributed by atoms with Crippen LogP contribution in [0.3, 0.4) is 0 Å². The number of nitrogens with zero attached hydrogens (tertiary/aromatic N) is 2. The van der Waals surface area contributed by atoms with Crippen molar-refractivity contribution in [2.75, 3.05) is 0 Å². The SMILES string of the molecule is CCc1nnc(C)cc1C(O)CCCC(C)C. The van der Waals surface area contributed by atoms with Crippen LogP contribution in [-0.4, -0.2) is 15.3 Å². The van der Waals surface area contributed by atoms with Crippen LogP contribution in [0.15, 0.2) is 6.07 Å². The van der Waals surface area contributed by atoms with Crippen molar-refractivity contribution >= 4 is 0 Å². The molecule has 0 saturated heterocycles. The third kappa shape index (κ3) is 4.43. The van der Waals surface area contributed by atoms with E-state index in [-0.39, 0.29) is 0 Å². The maximum Gasteiger partial charge on any atom is 0.0809 e. The van der Waals surface area contributed by atoms with E-state index in [4.69, 9.17) is 0 Å². The number of hydrogen-bond acceptors (Lipinski definition) is 3. The Morgan fingerprint density at radius 2 is 1.94 bits per heavy atom. The Morgan fingerprint density at radius 1 is 1.24 bits per heavy atom. The molecule has 96 valence electrons. The first-order valence-electron chi connectivity index (χ1n) is 6.55. The van der Waals surface area contributed by atoms with Gasteiger partial charge in [-0.3, -0.25) is 0 Å². The summed E-state index contributed by atoms with van der Waals surface area (Å²) in [5.74, 6) is 0.699. The molecular formula is C14H24N2O. The quantitative estimate of drug-likeness (QED) is 0.825. The molecule has 0 aromatic carbocycles. The summed E-state index contributed by atoms with van der Waals surface area (Å²) < 4.78 is 0. The van der Waals surface area contributed by atoms with Crippen molar-refractivity contribution < 1.29 is 5.11 Å². The van der Waals surface area contributed by atoms with E-state index in [0.717, 1.165) is 42.6 Å². The van der Waals surface area contributed by atoms with Crippen molar-refractivity contribution in [1.82, 2.24) is 10.2 Å². The second-order valence-electron chi connectivity index (χ2n) is 5.08. The number of aliphatic hydroxyl groups excluding tert-OH is 1. The van der Waals surface area contributed by atoms with E-state index in [2.05, 4.69) is 24.0 Å². The largest absolute Gasteiger partial charge is 0.388 e. The third-order valence-corrected chi connectivity index (χ3v) is 2.98. The summed E-state index contributed by atoms with van der Waals surface area (Å²) in [5, 5.41) is 18.4. The average Bonchev–Trinajstić information content (AvgIpc) is 2.28. The molecule has 0 saturated carbocycles. The molecule has 0 spiro atoms. The zero-order valence-corrected chi connectivity index (χ0v) is 11.4. The van der Waals surface area contributed by atoms with Gasteiger partial charge in [0.25, 0.3) is 0 Å². The fourth-order valence-corrected chi connectivity index (χ4v) is 1.97. The fraction of sp³-hybridized carbons (Fsp3) is 0.714. The lowest BCUT2D eigenvalue weighted by Gasteiger charge is -2.14. The Bertz CT molecular complexity index is 350. The van der Waals surface area contributed by atoms with Crippen LogP contribution < -0.4 is 0 Å². The van der Waals surface area contributed by atoms with Crippen LogP contribution in [0.25, 0.3) is 0 Å². The van der Waals surface area contributed by atoms with E-state index >= 15 is 0 Å². The van der Waals surface area contributed by atoms with Gasteiger partial charge in [-0.25, -0.2) is 0 Å². The Balaban J connectivity index is 2.66. The van der Waals surface area contributed by atoms with Crippen molar-refractivity contribution in [2.24, 2.45) is 5.92 Å². The Morgan fingerprint density at radius 3 is 2.53 bits per heavy atom. The highest BCUT2D eigenvalue weighted by Crippen LogP contribution is 2.23. The highest BCUT2D eigenvalue weighted by atomic mass is 16.3. The van der Waals surface area contributed by atoms with Gasteiger partial charge < -0.3 is 5.11 Å². The number of hydrogen-bond donors (Lipinski definition) is 1. The average molecular weight is 236 g/mol. The van der Waals surface area contributed by atoms with Crippen LogP contribution >= 0.6 is 0 Å². The molecule has 1 heterocycles. The molecule has 1 unspecified atom stereocenters. The van der Waals surface area contributed by atoms with Gasteiger partial charge >= 0.3 is 0 Å². The minimum absolute atomic E-state index is 0.391. The maximum absolute atomic E-state index is 10.2. The first kappa shape index (κ1) is 14.1. The highest BCUT2D eigenvalue weighted by Gasteiger charge is 2.13. The number of rotatable bonds is 6. The minimum Gasteiger partial charge on any atom is -0.388 e. The molecular weight excluding hydrogens is 212 g/mol. The van der Waals surface area contributed by atoms with Gasteiger partial charge in [-0.1, -0.05) is 33.6 Å². The molecule has 0 fully saturated rings. The van der Waals surface area contributed by atoms with Crippen LogP contribution in [0.5, 0.6) is 0 Å². The fourth-order valence-electron chi connectivity index (χ4n) is 1.97. The van der Waals surface area contributed by atoms with Gasteiger partial charge in [0.1, 0.15) is 0 Å². The van der Waals surface area contributed by atoms with E-state index in [0.29, 0.717) is 5.92 Å². The van der Waals surface area contributed by atoms with Gasteiger partial charge in [-0.15, -0.1) is 0 Å². The lowest BCUT2D eigenvalue weighted by Crippen LogP contribution is -2.07. The van der Waals surface area contributed by atoms with Gasteiger partial charge in [0, 0.05) is 5.56 Å². The van der Waals surface area contributed by atoms with Crippen molar-refractivity contribution in [3.63, 3.8) is 0 Å². The molecule has 1 aromatic rings. The summed E-state index contributed by atoms with van der Waals surface area (Å²) in [6, 6.07) is 1.96. The highest BCUT2D eigenvalue weighted by molar-refractivity contribution is 5.23. The summed E-state index contributed by atoms with van der Waals surface area (Å²) in [5.41, 5.74) is 2.76. The standard InChI is InChI=1S/C14H24N2O/c1-5-13-12(9-11(4)15-16-13)14(17)8-6-7-10(2)3/h9-10,14,17H,5-8H2,1-4H3. The van der Waals surface area contributed by atoms with Gasteiger partial charge in [-0.05, 0) is 31.7 Å². The second kappa shape index (κ2) is 6.70. The molecule has 0 aliphatic carbocycles. The van der Waals surface area contributed by atoms with E-state index < -0.39 is 6.10 Å². The lowest BCUT2D eigenvalue weighted by atomic mass is 9.98. The predicted octanol–water partition coefficient (Wildman–Crippen LogP) is 3.21. The summed E-state index contributed by atoms with van der Waals surface area (Å²) in [7, 11) is 0. The summed E-state index contributed by atoms with van der Waals surface area (Å²) >= 11 is 0. The Hall–Kier alpha value is -0.960. The predicted molar refractivity (Wildman–Crippen MR) is 69.8 cm³/mol. The number of aryl methyl sites for hydroxylation is 2. The van der Waals surface area contributed by atoms with E-state index in [1.54, 1.807) is 0 Å². The molecule has 3 nitrogen and oxygen atoms in total. The summed E-state index contributed by atoms with van der Waals surface area (Å²) in [4.78, 5) is 0. The Labute approximate surface area is 104 Å². The van der Waals surface area contributed by atoms with Gasteiger partial charge in [-0.2, -0.15) is 10.2 Å². The maximum atomic E-state index is 10.2. The third-order valence-electron chi connectivity index (χ3n) is 2.98. The molecule has 0 aliphatic rings. The number of aromatic nitrogens is 2. The van der Waals surface area contributed by atoms with Gasteiger partial charge in [0.15, 0.2) is 0 Å². The van der Waals surface area contributed by atoms with Crippen LogP contribution in [0, 0.1) is 12.8 Å². The van der Waals surface area contributed by atoms with Gasteiger partial charge in [0.05, 0.1) is 17.5 Å². The van der Waals surface area contributed by atoms with Crippen LogP contribution in [0.2, 0.25) is 0 Å².